The molecule has 0 saturated carbocycles. The van der Waals surface area contributed by atoms with Gasteiger partial charge in [-0.1, -0.05) is 16.9 Å². The van der Waals surface area contributed by atoms with Gasteiger partial charge in [0.25, 0.3) is 5.69 Å². The van der Waals surface area contributed by atoms with Crippen molar-refractivity contribution in [3.05, 3.63) is 81.4 Å². The molecule has 0 aliphatic rings. The summed E-state index contributed by atoms with van der Waals surface area (Å²) in [4.78, 5) is 26.8. The Morgan fingerprint density at radius 3 is 2.74 bits per heavy atom. The van der Waals surface area contributed by atoms with E-state index >= 15 is 0 Å². The number of nitro groups is 1. The van der Waals surface area contributed by atoms with Gasteiger partial charge in [0.15, 0.2) is 0 Å². The van der Waals surface area contributed by atoms with Crippen LogP contribution in [0.2, 0.25) is 0 Å². The zero-order valence-corrected chi connectivity index (χ0v) is 15.1. The summed E-state index contributed by atoms with van der Waals surface area (Å²) < 4.78 is 10.3. The number of thioether (sulfide) groups is 1. The zero-order chi connectivity index (χ0) is 19.2. The predicted octanol–water partition coefficient (Wildman–Crippen LogP) is 3.94. The van der Waals surface area contributed by atoms with Crippen molar-refractivity contribution in [2.24, 2.45) is 0 Å². The Balaban J connectivity index is 1.63. The number of rotatable bonds is 7. The van der Waals surface area contributed by atoms with E-state index in [1.54, 1.807) is 30.5 Å². The monoisotopic (exact) mass is 385 g/mol. The molecule has 0 radical (unpaired) electrons. The predicted molar refractivity (Wildman–Crippen MR) is 97.3 cm³/mol. The minimum Gasteiger partial charge on any atom is -0.457 e. The Morgan fingerprint density at radius 1 is 1.30 bits per heavy atom. The molecular weight excluding hydrogens is 370 g/mol. The van der Waals surface area contributed by atoms with E-state index in [9.17, 15) is 14.9 Å². The summed E-state index contributed by atoms with van der Waals surface area (Å²) in [5, 5.41) is 15.1. The van der Waals surface area contributed by atoms with Crippen molar-refractivity contribution < 1.29 is 19.0 Å². The van der Waals surface area contributed by atoms with Gasteiger partial charge in [-0.05, 0) is 36.8 Å². The molecule has 3 rings (SSSR count). The lowest BCUT2D eigenvalue weighted by Crippen LogP contribution is -2.07. The van der Waals surface area contributed by atoms with Crippen LogP contribution in [0.25, 0.3) is 0 Å². The third-order valence-corrected chi connectivity index (χ3v) is 4.58. The highest BCUT2D eigenvalue weighted by Gasteiger charge is 2.15. The third-order valence-electron chi connectivity index (χ3n) is 3.54. The molecule has 0 unspecified atom stereocenters. The molecule has 0 atom stereocenters. The Kier molecular flexibility index (Phi) is 5.82. The van der Waals surface area contributed by atoms with Crippen molar-refractivity contribution >= 4 is 23.4 Å². The van der Waals surface area contributed by atoms with Crippen LogP contribution in [0, 0.1) is 17.0 Å². The molecule has 0 aliphatic carbocycles. The number of carbonyl (C=O) groups excluding carboxylic acids is 1. The van der Waals surface area contributed by atoms with Crippen molar-refractivity contribution in [3.63, 3.8) is 0 Å². The molecule has 0 fully saturated rings. The Bertz CT molecular complexity index is 956. The first-order valence-corrected chi connectivity index (χ1v) is 8.92. The second-order valence-corrected chi connectivity index (χ2v) is 6.54. The maximum atomic E-state index is 12.4. The van der Waals surface area contributed by atoms with Crippen LogP contribution >= 0.6 is 11.8 Å². The average molecular weight is 385 g/mol. The van der Waals surface area contributed by atoms with Gasteiger partial charge in [0, 0.05) is 30.1 Å². The first-order valence-electron chi connectivity index (χ1n) is 7.93. The number of nitrogens with zero attached hydrogens (tertiary/aromatic N) is 3. The van der Waals surface area contributed by atoms with E-state index in [1.165, 1.54) is 23.9 Å². The lowest BCUT2D eigenvalue weighted by Gasteiger charge is -2.08. The van der Waals surface area contributed by atoms with Crippen LogP contribution in [0.4, 0.5) is 5.69 Å². The summed E-state index contributed by atoms with van der Waals surface area (Å²) in [6.07, 6.45) is 1.60. The fourth-order valence-corrected chi connectivity index (χ4v) is 3.09. The highest BCUT2D eigenvalue weighted by molar-refractivity contribution is 7.98. The van der Waals surface area contributed by atoms with E-state index in [4.69, 9.17) is 9.26 Å². The molecule has 0 N–H and O–H groups in total. The number of carbonyl (C=O) groups is 1. The summed E-state index contributed by atoms with van der Waals surface area (Å²) in [6.45, 7) is 1.82. The SMILES string of the molecule is Cc1cc(CSc2ncccc2C(=O)OCc2ccc([N+](=O)[O-])cc2)no1. The molecular formula is C18H15N3O5S. The van der Waals surface area contributed by atoms with Crippen LogP contribution < -0.4 is 0 Å². The fourth-order valence-electron chi connectivity index (χ4n) is 2.23. The van der Waals surface area contributed by atoms with Gasteiger partial charge in [0.2, 0.25) is 0 Å². The van der Waals surface area contributed by atoms with Crippen molar-refractivity contribution in [3.8, 4) is 0 Å². The van der Waals surface area contributed by atoms with E-state index in [2.05, 4.69) is 10.1 Å². The minimum atomic E-state index is -0.514. The van der Waals surface area contributed by atoms with Crippen LogP contribution in [-0.4, -0.2) is 21.0 Å². The molecule has 2 heterocycles. The van der Waals surface area contributed by atoms with Crippen molar-refractivity contribution in [1.29, 1.82) is 0 Å². The Morgan fingerprint density at radius 2 is 2.07 bits per heavy atom. The molecule has 3 aromatic rings. The highest BCUT2D eigenvalue weighted by Crippen LogP contribution is 2.25. The fraction of sp³-hybridized carbons (Fsp3) is 0.167. The van der Waals surface area contributed by atoms with Gasteiger partial charge in [0.1, 0.15) is 17.4 Å². The summed E-state index contributed by atoms with van der Waals surface area (Å²) in [6, 6.07) is 11.0. The van der Waals surface area contributed by atoms with Gasteiger partial charge >= 0.3 is 5.97 Å². The van der Waals surface area contributed by atoms with Gasteiger partial charge in [-0.2, -0.15) is 0 Å². The molecule has 0 amide bonds. The van der Waals surface area contributed by atoms with Gasteiger partial charge in [0.05, 0.1) is 16.2 Å². The van der Waals surface area contributed by atoms with Crippen LogP contribution in [0.3, 0.4) is 0 Å². The van der Waals surface area contributed by atoms with Crippen molar-refractivity contribution in [2.75, 3.05) is 0 Å². The van der Waals surface area contributed by atoms with Crippen LogP contribution in [0.5, 0.6) is 0 Å². The van der Waals surface area contributed by atoms with E-state index in [0.717, 1.165) is 5.69 Å². The molecule has 2 aromatic heterocycles. The quantitative estimate of drug-likeness (QED) is 0.260. The standard InChI is InChI=1S/C18H15N3O5S/c1-12-9-14(20-26-12)11-27-17-16(3-2-8-19-17)18(22)25-10-13-4-6-15(7-5-13)21(23)24/h2-9H,10-11H2,1H3. The maximum absolute atomic E-state index is 12.4. The first kappa shape index (κ1) is 18.6. The summed E-state index contributed by atoms with van der Waals surface area (Å²) >= 11 is 1.36. The first-order chi connectivity index (χ1) is 13.0. The van der Waals surface area contributed by atoms with E-state index in [0.29, 0.717) is 27.7 Å². The lowest BCUT2D eigenvalue weighted by atomic mass is 10.2. The van der Waals surface area contributed by atoms with Crippen LogP contribution in [0.1, 0.15) is 27.4 Å². The number of hydrogen-bond acceptors (Lipinski definition) is 8. The molecule has 27 heavy (non-hydrogen) atoms. The molecule has 9 heteroatoms. The number of esters is 1. The number of ether oxygens (including phenoxy) is 1. The third kappa shape index (κ3) is 4.91. The maximum Gasteiger partial charge on any atom is 0.341 e. The van der Waals surface area contributed by atoms with Crippen LogP contribution in [0.15, 0.2) is 58.2 Å². The molecule has 0 spiro atoms. The summed E-state index contributed by atoms with van der Waals surface area (Å²) in [5.41, 5.74) is 1.75. The Hall–Kier alpha value is -3.20. The van der Waals surface area contributed by atoms with E-state index in [-0.39, 0.29) is 12.3 Å². The van der Waals surface area contributed by atoms with Crippen molar-refractivity contribution in [2.45, 2.75) is 24.3 Å². The number of aryl methyl sites for hydroxylation is 1. The van der Waals surface area contributed by atoms with E-state index < -0.39 is 10.9 Å². The highest BCUT2D eigenvalue weighted by atomic mass is 32.2. The molecule has 0 saturated heterocycles. The molecule has 0 aliphatic heterocycles. The van der Waals surface area contributed by atoms with Crippen molar-refractivity contribution in [1.82, 2.24) is 10.1 Å². The number of hydrogen-bond donors (Lipinski definition) is 0. The average Bonchev–Trinajstić information content (AvgIpc) is 3.10. The number of non-ortho nitro benzene ring substituents is 1. The lowest BCUT2D eigenvalue weighted by molar-refractivity contribution is -0.384. The molecule has 138 valence electrons. The second-order valence-electron chi connectivity index (χ2n) is 5.57. The number of aromatic nitrogens is 2. The largest absolute Gasteiger partial charge is 0.457 e. The van der Waals surface area contributed by atoms with Gasteiger partial charge in [-0.25, -0.2) is 9.78 Å². The van der Waals surface area contributed by atoms with E-state index in [1.807, 2.05) is 13.0 Å². The van der Waals surface area contributed by atoms with Gasteiger partial charge in [-0.15, -0.1) is 0 Å². The second kappa shape index (κ2) is 8.45. The summed E-state index contributed by atoms with van der Waals surface area (Å²) in [7, 11) is 0. The Labute approximate surface area is 158 Å². The normalized spacial score (nSPS) is 10.6. The topological polar surface area (TPSA) is 108 Å². The number of benzene rings is 1. The smallest absolute Gasteiger partial charge is 0.341 e. The number of nitro benzene ring substituents is 1. The molecule has 0 bridgehead atoms. The summed E-state index contributed by atoms with van der Waals surface area (Å²) in [5.74, 6) is 0.714. The number of pyridine rings is 1. The molecule has 8 nitrogen and oxygen atoms in total. The van der Waals surface area contributed by atoms with Crippen LogP contribution in [-0.2, 0) is 17.1 Å². The van der Waals surface area contributed by atoms with Gasteiger partial charge in [-0.3, -0.25) is 10.1 Å². The molecule has 1 aromatic carbocycles. The van der Waals surface area contributed by atoms with Gasteiger partial charge < -0.3 is 9.26 Å². The zero-order valence-electron chi connectivity index (χ0n) is 14.3. The minimum absolute atomic E-state index is 0.0122.